The highest BCUT2D eigenvalue weighted by atomic mass is 32.2. The molecule has 2 aromatic carbocycles. The molecule has 6 nitrogen and oxygen atoms in total. The number of ether oxygens (including phenoxy) is 1. The second kappa shape index (κ2) is 6.92. The smallest absolute Gasteiger partial charge is 0.240 e. The molecule has 1 aliphatic carbocycles. The first-order valence-corrected chi connectivity index (χ1v) is 10.3. The summed E-state index contributed by atoms with van der Waals surface area (Å²) in [6.07, 6.45) is 3.88. The van der Waals surface area contributed by atoms with Gasteiger partial charge in [-0.3, -0.25) is 4.98 Å². The fraction of sp³-hybridized carbons (Fsp3) is 0.250. The topological polar surface area (TPSA) is 88.5 Å². The van der Waals surface area contributed by atoms with Crippen LogP contribution in [0.2, 0.25) is 0 Å². The number of aliphatic hydroxyl groups is 1. The van der Waals surface area contributed by atoms with Crippen LogP contribution in [-0.2, 0) is 10.0 Å². The van der Waals surface area contributed by atoms with Gasteiger partial charge in [-0.25, -0.2) is 13.1 Å². The lowest BCUT2D eigenvalue weighted by Gasteiger charge is -2.36. The van der Waals surface area contributed by atoms with Crippen LogP contribution in [0.4, 0.5) is 0 Å². The largest absolute Gasteiger partial charge is 0.455 e. The van der Waals surface area contributed by atoms with Crippen molar-refractivity contribution in [1.29, 1.82) is 0 Å². The molecule has 0 bridgehead atoms. The molecule has 0 atom stereocenters. The van der Waals surface area contributed by atoms with Crippen LogP contribution in [0.5, 0.6) is 11.5 Å². The molecule has 1 aromatic heterocycles. The van der Waals surface area contributed by atoms with Crippen molar-refractivity contribution in [2.45, 2.75) is 29.8 Å². The number of para-hydroxylation sites is 1. The van der Waals surface area contributed by atoms with E-state index in [1.807, 2.05) is 30.3 Å². The second-order valence-corrected chi connectivity index (χ2v) is 8.57. The number of sulfonamides is 1. The minimum Gasteiger partial charge on any atom is -0.455 e. The van der Waals surface area contributed by atoms with Gasteiger partial charge in [0.2, 0.25) is 10.0 Å². The van der Waals surface area contributed by atoms with Crippen LogP contribution < -0.4 is 9.46 Å². The van der Waals surface area contributed by atoms with Crippen molar-refractivity contribution in [3.8, 4) is 11.5 Å². The van der Waals surface area contributed by atoms with Crippen LogP contribution in [0.1, 0.15) is 19.3 Å². The molecule has 0 spiro atoms. The van der Waals surface area contributed by atoms with Gasteiger partial charge in [0.05, 0.1) is 10.5 Å². The lowest BCUT2D eigenvalue weighted by molar-refractivity contribution is -0.0270. The number of pyridine rings is 1. The van der Waals surface area contributed by atoms with E-state index in [-0.39, 0.29) is 11.4 Å². The van der Waals surface area contributed by atoms with Crippen molar-refractivity contribution in [2.24, 2.45) is 0 Å². The molecule has 4 rings (SSSR count). The van der Waals surface area contributed by atoms with E-state index in [1.165, 1.54) is 12.1 Å². The summed E-state index contributed by atoms with van der Waals surface area (Å²) < 4.78 is 33.1. The Hall–Kier alpha value is -2.48. The minimum atomic E-state index is -3.67. The quantitative estimate of drug-likeness (QED) is 0.681. The summed E-state index contributed by atoms with van der Waals surface area (Å²) in [5.41, 5.74) is -0.163. The van der Waals surface area contributed by atoms with Crippen molar-refractivity contribution in [2.75, 3.05) is 6.54 Å². The number of hydrogen-bond donors (Lipinski definition) is 2. The number of benzene rings is 2. The molecule has 0 radical (unpaired) electrons. The highest BCUT2D eigenvalue weighted by Gasteiger charge is 2.35. The van der Waals surface area contributed by atoms with Crippen molar-refractivity contribution in [3.05, 3.63) is 60.8 Å². The lowest BCUT2D eigenvalue weighted by Crippen LogP contribution is -2.47. The Kier molecular flexibility index (Phi) is 4.59. The monoisotopic (exact) mass is 384 g/mol. The van der Waals surface area contributed by atoms with Crippen LogP contribution in [0.15, 0.2) is 65.7 Å². The Morgan fingerprint density at radius 3 is 2.52 bits per heavy atom. The first-order valence-electron chi connectivity index (χ1n) is 8.79. The molecule has 0 unspecified atom stereocenters. The van der Waals surface area contributed by atoms with E-state index in [0.717, 1.165) is 17.3 Å². The molecule has 1 fully saturated rings. The molecule has 27 heavy (non-hydrogen) atoms. The second-order valence-electron chi connectivity index (χ2n) is 6.81. The normalized spacial score (nSPS) is 16.0. The third kappa shape index (κ3) is 3.80. The van der Waals surface area contributed by atoms with Gasteiger partial charge in [-0.2, -0.15) is 0 Å². The van der Waals surface area contributed by atoms with Crippen LogP contribution in [0.3, 0.4) is 0 Å². The Labute approximate surface area is 157 Å². The van der Waals surface area contributed by atoms with E-state index in [9.17, 15) is 13.5 Å². The molecule has 3 aromatic rings. The SMILES string of the molecule is O=S(=O)(NCC1(O)CCC1)c1ccc(Oc2cccc3cccnc23)cc1. The zero-order valence-corrected chi connectivity index (χ0v) is 15.4. The number of nitrogens with zero attached hydrogens (tertiary/aromatic N) is 1. The lowest BCUT2D eigenvalue weighted by atomic mass is 9.81. The molecule has 0 saturated heterocycles. The number of rotatable bonds is 6. The molecular formula is C20H20N2O4S. The van der Waals surface area contributed by atoms with E-state index in [0.29, 0.717) is 24.3 Å². The third-order valence-corrected chi connectivity index (χ3v) is 6.25. The maximum atomic E-state index is 12.4. The van der Waals surface area contributed by atoms with Crippen LogP contribution >= 0.6 is 0 Å². The Bertz CT molecular complexity index is 1060. The highest BCUT2D eigenvalue weighted by molar-refractivity contribution is 7.89. The zero-order chi connectivity index (χ0) is 18.9. The molecule has 1 aliphatic rings. The summed E-state index contributed by atoms with van der Waals surface area (Å²) in [5, 5.41) is 11.0. The molecule has 7 heteroatoms. The summed E-state index contributed by atoms with van der Waals surface area (Å²) in [6, 6.07) is 15.6. The van der Waals surface area contributed by atoms with Gasteiger partial charge in [-0.05, 0) is 55.7 Å². The summed E-state index contributed by atoms with van der Waals surface area (Å²) >= 11 is 0. The molecule has 1 saturated carbocycles. The maximum Gasteiger partial charge on any atom is 0.240 e. The first-order chi connectivity index (χ1) is 13.0. The summed E-state index contributed by atoms with van der Waals surface area (Å²) in [6.45, 7) is 0.0370. The predicted molar refractivity (Wildman–Crippen MR) is 102 cm³/mol. The van der Waals surface area contributed by atoms with Crippen molar-refractivity contribution >= 4 is 20.9 Å². The van der Waals surface area contributed by atoms with Gasteiger partial charge in [-0.15, -0.1) is 0 Å². The Balaban J connectivity index is 1.50. The van der Waals surface area contributed by atoms with E-state index in [1.54, 1.807) is 18.3 Å². The Morgan fingerprint density at radius 1 is 1.07 bits per heavy atom. The first kappa shape index (κ1) is 17.9. The van der Waals surface area contributed by atoms with Crippen LogP contribution in [0, 0.1) is 0 Å². The highest BCUT2D eigenvalue weighted by Crippen LogP contribution is 2.31. The summed E-state index contributed by atoms with van der Waals surface area (Å²) in [5.74, 6) is 1.12. The third-order valence-electron chi connectivity index (χ3n) is 4.83. The van der Waals surface area contributed by atoms with Gasteiger partial charge in [0, 0.05) is 18.1 Å². The average molecular weight is 384 g/mol. The average Bonchev–Trinajstić information content (AvgIpc) is 2.66. The number of fused-ring (bicyclic) bond motifs is 1. The van der Waals surface area contributed by atoms with Gasteiger partial charge >= 0.3 is 0 Å². The van der Waals surface area contributed by atoms with E-state index in [2.05, 4.69) is 9.71 Å². The predicted octanol–water partition coefficient (Wildman–Crippen LogP) is 3.22. The fourth-order valence-corrected chi connectivity index (χ4v) is 4.17. The number of hydrogen-bond acceptors (Lipinski definition) is 5. The molecule has 140 valence electrons. The molecule has 1 heterocycles. The summed E-state index contributed by atoms with van der Waals surface area (Å²) in [7, 11) is -3.67. The van der Waals surface area contributed by atoms with Gasteiger partial charge in [0.25, 0.3) is 0 Å². The molecule has 0 amide bonds. The fourth-order valence-electron chi connectivity index (χ4n) is 3.05. The van der Waals surface area contributed by atoms with Crippen molar-refractivity contribution < 1.29 is 18.3 Å². The van der Waals surface area contributed by atoms with Gasteiger partial charge in [0.15, 0.2) is 5.75 Å². The number of nitrogens with one attached hydrogen (secondary N) is 1. The Morgan fingerprint density at radius 2 is 1.81 bits per heavy atom. The molecule has 0 aliphatic heterocycles. The molecular weight excluding hydrogens is 364 g/mol. The van der Waals surface area contributed by atoms with Crippen molar-refractivity contribution in [1.82, 2.24) is 9.71 Å². The van der Waals surface area contributed by atoms with Gasteiger partial charge < -0.3 is 9.84 Å². The van der Waals surface area contributed by atoms with E-state index < -0.39 is 15.6 Å². The van der Waals surface area contributed by atoms with Crippen molar-refractivity contribution in [3.63, 3.8) is 0 Å². The van der Waals surface area contributed by atoms with E-state index >= 15 is 0 Å². The molecule has 2 N–H and O–H groups in total. The van der Waals surface area contributed by atoms with Gasteiger partial charge in [-0.1, -0.05) is 18.2 Å². The maximum absolute atomic E-state index is 12.4. The van der Waals surface area contributed by atoms with Crippen LogP contribution in [0.25, 0.3) is 10.9 Å². The standard InChI is InChI=1S/C20H20N2O4S/c23-20(11-3-12-20)14-22-27(24,25)17-9-7-16(8-10-17)26-18-6-1-4-15-5-2-13-21-19(15)18/h1-2,4-10,13,22-23H,3,11-12,14H2. The van der Waals surface area contributed by atoms with Gasteiger partial charge in [0.1, 0.15) is 11.3 Å². The van der Waals surface area contributed by atoms with E-state index in [4.69, 9.17) is 4.74 Å². The number of aromatic nitrogens is 1. The summed E-state index contributed by atoms with van der Waals surface area (Å²) in [4.78, 5) is 4.47. The zero-order valence-electron chi connectivity index (χ0n) is 14.6. The van der Waals surface area contributed by atoms with Crippen LogP contribution in [-0.4, -0.2) is 30.7 Å². The minimum absolute atomic E-state index is 0.0370.